The molecule has 3 aliphatic rings. The lowest BCUT2D eigenvalue weighted by molar-refractivity contribution is -0.384. The summed E-state index contributed by atoms with van der Waals surface area (Å²) in [4.78, 5) is 61.0. The number of rotatable bonds is 5. The van der Waals surface area contributed by atoms with Crippen LogP contribution in [0.3, 0.4) is 0 Å². The Labute approximate surface area is 179 Å². The molecule has 2 bridgehead atoms. The molecule has 4 rings (SSSR count). The molecule has 0 unspecified atom stereocenters. The first-order valence-electron chi connectivity index (χ1n) is 9.10. The van der Waals surface area contributed by atoms with E-state index in [4.69, 9.17) is 25.8 Å². The highest BCUT2D eigenvalue weighted by molar-refractivity contribution is 6.36. The summed E-state index contributed by atoms with van der Waals surface area (Å²) in [6.45, 7) is 2.18. The second kappa shape index (κ2) is 7.13. The molecule has 0 spiro atoms. The number of halogens is 1. The fourth-order valence-electron chi connectivity index (χ4n) is 4.24. The van der Waals surface area contributed by atoms with Crippen molar-refractivity contribution < 1.29 is 38.3 Å². The van der Waals surface area contributed by atoms with Crippen LogP contribution >= 0.6 is 11.6 Å². The third-order valence-corrected chi connectivity index (χ3v) is 5.69. The number of amides is 2. The van der Waals surface area contributed by atoms with E-state index in [1.165, 1.54) is 18.2 Å². The molecule has 1 aromatic carbocycles. The van der Waals surface area contributed by atoms with Crippen LogP contribution in [-0.2, 0) is 33.4 Å². The number of esters is 2. The van der Waals surface area contributed by atoms with E-state index in [0.29, 0.717) is 0 Å². The zero-order valence-corrected chi connectivity index (χ0v) is 16.9. The number of fused-ring (bicyclic) bond motifs is 5. The van der Waals surface area contributed by atoms with E-state index in [1.807, 2.05) is 0 Å². The van der Waals surface area contributed by atoms with Crippen molar-refractivity contribution in [3.05, 3.63) is 45.5 Å². The average Bonchev–Trinajstić information content (AvgIpc) is 3.32. The van der Waals surface area contributed by atoms with E-state index in [0.717, 1.165) is 30.9 Å². The van der Waals surface area contributed by atoms with E-state index < -0.39 is 58.5 Å². The summed E-state index contributed by atoms with van der Waals surface area (Å²) in [7, 11) is 0. The van der Waals surface area contributed by atoms with Crippen LogP contribution in [0.4, 0.5) is 11.4 Å². The van der Waals surface area contributed by atoms with Crippen molar-refractivity contribution in [2.45, 2.75) is 31.8 Å². The molecule has 2 amide bonds. The fourth-order valence-corrected chi connectivity index (χ4v) is 4.44. The standard InChI is InChI=1S/C19H15ClN2O9/c1-8(23)29-18(30-9(2)24)19-6-5-13(31-19)14-15(19)17(26)21(16(14)25)12-7-10(22(27)28)3-4-11(12)20/h3-7,13-15,18H,1-2H3/t13-,14+,15+,19+/m0/s1. The number of ether oxygens (including phenoxy) is 3. The monoisotopic (exact) mass is 450 g/mol. The Kier molecular flexibility index (Phi) is 4.82. The van der Waals surface area contributed by atoms with Crippen LogP contribution in [-0.4, -0.2) is 46.7 Å². The molecule has 0 aromatic heterocycles. The van der Waals surface area contributed by atoms with Gasteiger partial charge in [-0.05, 0) is 12.1 Å². The minimum absolute atomic E-state index is 0.0425. The lowest BCUT2D eigenvalue weighted by Gasteiger charge is -2.34. The van der Waals surface area contributed by atoms with Crippen molar-refractivity contribution in [1.29, 1.82) is 0 Å². The van der Waals surface area contributed by atoms with Crippen molar-refractivity contribution in [2.24, 2.45) is 11.8 Å². The summed E-state index contributed by atoms with van der Waals surface area (Å²) < 4.78 is 16.1. The van der Waals surface area contributed by atoms with Crippen molar-refractivity contribution >= 4 is 46.7 Å². The summed E-state index contributed by atoms with van der Waals surface area (Å²) in [5, 5.41) is 11.1. The molecule has 0 N–H and O–H groups in total. The lowest BCUT2D eigenvalue weighted by Crippen LogP contribution is -2.52. The summed E-state index contributed by atoms with van der Waals surface area (Å²) in [5.74, 6) is -5.25. The predicted molar refractivity (Wildman–Crippen MR) is 102 cm³/mol. The van der Waals surface area contributed by atoms with Crippen LogP contribution in [0.2, 0.25) is 5.02 Å². The van der Waals surface area contributed by atoms with Crippen LogP contribution in [0.15, 0.2) is 30.4 Å². The smallest absolute Gasteiger partial charge is 0.305 e. The number of anilines is 1. The second-order valence-corrected chi connectivity index (χ2v) is 7.66. The van der Waals surface area contributed by atoms with E-state index in [1.54, 1.807) is 0 Å². The molecule has 0 aliphatic carbocycles. The first kappa shape index (κ1) is 20.9. The van der Waals surface area contributed by atoms with E-state index in [9.17, 15) is 29.3 Å². The summed E-state index contributed by atoms with van der Waals surface area (Å²) >= 11 is 6.14. The zero-order chi connectivity index (χ0) is 22.7. The van der Waals surface area contributed by atoms with E-state index in [-0.39, 0.29) is 16.4 Å². The number of hydrogen-bond acceptors (Lipinski definition) is 9. The van der Waals surface area contributed by atoms with Gasteiger partial charge in [0.25, 0.3) is 12.0 Å². The van der Waals surface area contributed by atoms with Gasteiger partial charge in [0.1, 0.15) is 0 Å². The number of hydrogen-bond donors (Lipinski definition) is 0. The molecule has 3 aliphatic heterocycles. The largest absolute Gasteiger partial charge is 0.422 e. The first-order chi connectivity index (χ1) is 14.6. The Morgan fingerprint density at radius 1 is 1.23 bits per heavy atom. The number of nitrogens with zero attached hydrogens (tertiary/aromatic N) is 2. The summed E-state index contributed by atoms with van der Waals surface area (Å²) in [6, 6.07) is 3.38. The van der Waals surface area contributed by atoms with Crippen molar-refractivity contribution in [1.82, 2.24) is 0 Å². The Bertz CT molecular complexity index is 1050. The predicted octanol–water partition coefficient (Wildman–Crippen LogP) is 1.51. The number of nitro groups is 1. The SMILES string of the molecule is CC(=O)OC(OC(C)=O)[C@]12C=C[C@H](O1)[C@H]1C(=O)N(c3cc([N+](=O)[O-])ccc3Cl)C(=O)[C@@H]12. The minimum Gasteiger partial charge on any atom is -0.422 e. The summed E-state index contributed by atoms with van der Waals surface area (Å²) in [6.07, 6.45) is 0.484. The Morgan fingerprint density at radius 3 is 2.45 bits per heavy atom. The molecule has 31 heavy (non-hydrogen) atoms. The highest BCUT2D eigenvalue weighted by Gasteiger charge is 2.72. The molecule has 0 saturated carbocycles. The van der Waals surface area contributed by atoms with Crippen molar-refractivity contribution in [3.63, 3.8) is 0 Å². The molecule has 12 heteroatoms. The molecule has 0 radical (unpaired) electrons. The number of carbonyl (C=O) groups is 4. The third kappa shape index (κ3) is 3.08. The van der Waals surface area contributed by atoms with Crippen LogP contribution in [0.5, 0.6) is 0 Å². The summed E-state index contributed by atoms with van der Waals surface area (Å²) in [5.41, 5.74) is -2.23. The molecule has 11 nitrogen and oxygen atoms in total. The highest BCUT2D eigenvalue weighted by Crippen LogP contribution is 2.55. The van der Waals surface area contributed by atoms with Crippen molar-refractivity contribution in [3.8, 4) is 0 Å². The Hall–Kier alpha value is -3.31. The molecule has 162 valence electrons. The van der Waals surface area contributed by atoms with E-state index >= 15 is 0 Å². The number of imide groups is 1. The topological polar surface area (TPSA) is 142 Å². The van der Waals surface area contributed by atoms with E-state index in [2.05, 4.69) is 0 Å². The molecule has 2 fully saturated rings. The first-order valence-corrected chi connectivity index (χ1v) is 9.48. The van der Waals surface area contributed by atoms with Gasteiger partial charge in [-0.1, -0.05) is 17.7 Å². The van der Waals surface area contributed by atoms with Gasteiger partial charge in [0.15, 0.2) is 5.60 Å². The minimum atomic E-state index is -1.72. The molecule has 2 saturated heterocycles. The number of carbonyl (C=O) groups excluding carboxylic acids is 4. The molecule has 4 atom stereocenters. The zero-order valence-electron chi connectivity index (χ0n) is 16.1. The lowest BCUT2D eigenvalue weighted by atomic mass is 9.76. The van der Waals surface area contributed by atoms with Crippen LogP contribution in [0.25, 0.3) is 0 Å². The molecule has 3 heterocycles. The Morgan fingerprint density at radius 2 is 1.87 bits per heavy atom. The van der Waals surface area contributed by atoms with Gasteiger partial charge < -0.3 is 14.2 Å². The van der Waals surface area contributed by atoms with Gasteiger partial charge in [0.2, 0.25) is 11.8 Å². The maximum absolute atomic E-state index is 13.4. The number of benzene rings is 1. The number of non-ortho nitro benzene ring substituents is 1. The van der Waals surface area contributed by atoms with Crippen LogP contribution in [0, 0.1) is 22.0 Å². The third-order valence-electron chi connectivity index (χ3n) is 5.37. The maximum Gasteiger partial charge on any atom is 0.305 e. The molecular formula is C19H15ClN2O9. The Balaban J connectivity index is 1.78. The molecule has 1 aromatic rings. The fraction of sp³-hybridized carbons (Fsp3) is 0.368. The second-order valence-electron chi connectivity index (χ2n) is 7.25. The van der Waals surface area contributed by atoms with Crippen molar-refractivity contribution in [2.75, 3.05) is 4.90 Å². The van der Waals surface area contributed by atoms with Crippen LogP contribution in [0.1, 0.15) is 13.8 Å². The van der Waals surface area contributed by atoms with Gasteiger partial charge in [-0.25, -0.2) is 4.90 Å². The highest BCUT2D eigenvalue weighted by atomic mass is 35.5. The molecular weight excluding hydrogens is 436 g/mol. The van der Waals surface area contributed by atoms with Gasteiger partial charge >= 0.3 is 11.9 Å². The maximum atomic E-state index is 13.4. The quantitative estimate of drug-likeness (QED) is 0.163. The average molecular weight is 451 g/mol. The normalized spacial score (nSPS) is 28.3. The van der Waals surface area contributed by atoms with Gasteiger partial charge in [-0.15, -0.1) is 0 Å². The van der Waals surface area contributed by atoms with Gasteiger partial charge in [-0.2, -0.15) is 0 Å². The van der Waals surface area contributed by atoms with Gasteiger partial charge in [0.05, 0.1) is 33.6 Å². The van der Waals surface area contributed by atoms with Gasteiger partial charge in [0, 0.05) is 26.0 Å². The number of nitro benzene ring substituents is 1. The van der Waals surface area contributed by atoms with Crippen LogP contribution < -0.4 is 4.90 Å². The van der Waals surface area contributed by atoms with Gasteiger partial charge in [-0.3, -0.25) is 29.3 Å².